The number of likely N-dealkylation sites (tertiary alicyclic amines) is 2. The fraction of sp³-hybridized carbons (Fsp3) is 0.545. The Balaban J connectivity index is 1.42. The van der Waals surface area contributed by atoms with E-state index in [2.05, 4.69) is 28.7 Å². The van der Waals surface area contributed by atoms with Crippen LogP contribution in [0.3, 0.4) is 0 Å². The second kappa shape index (κ2) is 7.66. The Hall–Kier alpha value is -2.21. The van der Waals surface area contributed by atoms with Crippen molar-refractivity contribution in [3.8, 4) is 0 Å². The number of hydrogen-bond acceptors (Lipinski definition) is 3. The topological polar surface area (TPSA) is 41.4 Å². The first kappa shape index (κ1) is 19.1. The lowest BCUT2D eigenvalue weighted by atomic mass is 9.84. The molecule has 0 aliphatic carbocycles. The van der Waals surface area contributed by atoms with E-state index in [-0.39, 0.29) is 17.3 Å². The van der Waals surface area contributed by atoms with E-state index in [0.29, 0.717) is 13.0 Å². The average molecular weight is 384 g/mol. The van der Waals surface area contributed by atoms with Crippen molar-refractivity contribution in [2.45, 2.75) is 64.7 Å². The highest BCUT2D eigenvalue weighted by atomic mass is 19.1. The molecular weight excluding hydrogens is 355 g/mol. The van der Waals surface area contributed by atoms with Crippen LogP contribution in [0.5, 0.6) is 0 Å². The summed E-state index contributed by atoms with van der Waals surface area (Å²) in [6.45, 7) is 8.64. The van der Waals surface area contributed by atoms with Crippen molar-refractivity contribution in [3.63, 3.8) is 0 Å². The van der Waals surface area contributed by atoms with Crippen LogP contribution in [0.25, 0.3) is 0 Å². The third-order valence-corrected chi connectivity index (χ3v) is 6.62. The van der Waals surface area contributed by atoms with Crippen LogP contribution in [0.4, 0.5) is 4.39 Å². The zero-order valence-corrected chi connectivity index (χ0v) is 16.8. The predicted molar refractivity (Wildman–Crippen MR) is 106 cm³/mol. The molecule has 3 heterocycles. The third kappa shape index (κ3) is 3.58. The number of hydrogen-bond donors (Lipinski definition) is 0. The molecule has 2 saturated heterocycles. The Labute approximate surface area is 166 Å². The molecule has 2 aromatic rings. The van der Waals surface area contributed by atoms with Crippen molar-refractivity contribution < 1.29 is 9.18 Å². The van der Waals surface area contributed by atoms with E-state index >= 15 is 0 Å². The molecule has 1 spiro atoms. The zero-order valence-electron chi connectivity index (χ0n) is 16.8. The summed E-state index contributed by atoms with van der Waals surface area (Å²) in [6, 6.07) is 6.53. The van der Waals surface area contributed by atoms with Crippen LogP contribution in [-0.2, 0) is 24.4 Å². The number of amides is 1. The monoisotopic (exact) mass is 384 g/mol. The summed E-state index contributed by atoms with van der Waals surface area (Å²) < 4.78 is 15.3. The van der Waals surface area contributed by atoms with Crippen LogP contribution in [0.1, 0.15) is 49.4 Å². The van der Waals surface area contributed by atoms with Crippen LogP contribution in [0, 0.1) is 12.7 Å². The molecule has 1 aromatic heterocycles. The van der Waals surface area contributed by atoms with Gasteiger partial charge in [0.25, 0.3) is 0 Å². The molecule has 0 bridgehead atoms. The first-order chi connectivity index (χ1) is 13.5. The number of carbonyl (C=O) groups is 1. The van der Waals surface area contributed by atoms with Crippen molar-refractivity contribution >= 4 is 5.91 Å². The standard InChI is InChI=1S/C22H29FN4O/c1-3-27-17(2)19(14-24-27)16-25-12-10-22(11-13-25)9-8-21(28)26(22)15-18-4-6-20(23)7-5-18/h4-7,14H,3,8-13,15-16H2,1-2H3. The number of nitrogens with zero attached hydrogens (tertiary/aromatic N) is 4. The third-order valence-electron chi connectivity index (χ3n) is 6.62. The van der Waals surface area contributed by atoms with Gasteiger partial charge in [0.1, 0.15) is 5.82 Å². The quantitative estimate of drug-likeness (QED) is 0.792. The number of aromatic nitrogens is 2. The first-order valence-corrected chi connectivity index (χ1v) is 10.3. The van der Waals surface area contributed by atoms with Gasteiger partial charge in [0.15, 0.2) is 0 Å². The summed E-state index contributed by atoms with van der Waals surface area (Å²) in [7, 11) is 0. The largest absolute Gasteiger partial charge is 0.333 e. The van der Waals surface area contributed by atoms with Gasteiger partial charge in [-0.2, -0.15) is 5.10 Å². The molecule has 5 nitrogen and oxygen atoms in total. The minimum atomic E-state index is -0.235. The summed E-state index contributed by atoms with van der Waals surface area (Å²) in [6.07, 6.45) is 5.56. The molecule has 150 valence electrons. The van der Waals surface area contributed by atoms with E-state index in [9.17, 15) is 9.18 Å². The van der Waals surface area contributed by atoms with Crippen LogP contribution in [-0.4, -0.2) is 44.1 Å². The number of carbonyl (C=O) groups excluding carboxylic acids is 1. The Kier molecular flexibility index (Phi) is 5.23. The fourth-order valence-corrected chi connectivity index (χ4v) is 4.75. The summed E-state index contributed by atoms with van der Waals surface area (Å²) in [5, 5.41) is 4.46. The number of aryl methyl sites for hydroxylation is 1. The summed E-state index contributed by atoms with van der Waals surface area (Å²) in [5.74, 6) is -0.000879. The Morgan fingerprint density at radius 2 is 1.82 bits per heavy atom. The maximum absolute atomic E-state index is 13.2. The SMILES string of the molecule is CCn1ncc(CN2CCC3(CCC(=O)N3Cc3ccc(F)cc3)CC2)c1C. The second-order valence-electron chi connectivity index (χ2n) is 8.18. The van der Waals surface area contributed by atoms with Crippen molar-refractivity contribution in [1.82, 2.24) is 19.6 Å². The van der Waals surface area contributed by atoms with Crippen molar-refractivity contribution in [3.05, 3.63) is 53.1 Å². The van der Waals surface area contributed by atoms with Gasteiger partial charge in [0.05, 0.1) is 6.20 Å². The maximum Gasteiger partial charge on any atom is 0.223 e. The van der Waals surface area contributed by atoms with Crippen molar-refractivity contribution in [2.75, 3.05) is 13.1 Å². The van der Waals surface area contributed by atoms with Gasteiger partial charge in [-0.3, -0.25) is 14.4 Å². The molecule has 6 heteroatoms. The van der Waals surface area contributed by atoms with Gasteiger partial charge in [0.2, 0.25) is 5.91 Å². The van der Waals surface area contributed by atoms with Crippen LogP contribution in [0.2, 0.25) is 0 Å². The van der Waals surface area contributed by atoms with Crippen LogP contribution in [0.15, 0.2) is 30.5 Å². The highest BCUT2D eigenvalue weighted by Crippen LogP contribution is 2.40. The number of rotatable bonds is 5. The lowest BCUT2D eigenvalue weighted by Crippen LogP contribution is -2.52. The first-order valence-electron chi connectivity index (χ1n) is 10.3. The summed E-state index contributed by atoms with van der Waals surface area (Å²) in [5.41, 5.74) is 3.51. The van der Waals surface area contributed by atoms with Gasteiger partial charge < -0.3 is 4.90 Å². The molecule has 0 radical (unpaired) electrons. The van der Waals surface area contributed by atoms with E-state index in [0.717, 1.165) is 51.0 Å². The zero-order chi connectivity index (χ0) is 19.7. The van der Waals surface area contributed by atoms with E-state index in [4.69, 9.17) is 0 Å². The molecule has 2 aliphatic rings. The molecule has 1 amide bonds. The smallest absolute Gasteiger partial charge is 0.223 e. The molecule has 0 saturated carbocycles. The van der Waals surface area contributed by atoms with Crippen LogP contribution >= 0.6 is 0 Å². The highest BCUT2D eigenvalue weighted by Gasteiger charge is 2.46. The van der Waals surface area contributed by atoms with Gasteiger partial charge >= 0.3 is 0 Å². The molecule has 0 N–H and O–H groups in total. The second-order valence-corrected chi connectivity index (χ2v) is 8.18. The van der Waals surface area contributed by atoms with Gasteiger partial charge in [-0.05, 0) is 50.8 Å². The van der Waals surface area contributed by atoms with E-state index < -0.39 is 0 Å². The molecule has 0 unspecified atom stereocenters. The Morgan fingerprint density at radius 1 is 1.11 bits per heavy atom. The van der Waals surface area contributed by atoms with Crippen molar-refractivity contribution in [2.24, 2.45) is 0 Å². The van der Waals surface area contributed by atoms with Crippen molar-refractivity contribution in [1.29, 1.82) is 0 Å². The molecule has 0 atom stereocenters. The van der Waals surface area contributed by atoms with Gasteiger partial charge in [0, 0.05) is 55.9 Å². The van der Waals surface area contributed by atoms with E-state index in [1.54, 1.807) is 12.1 Å². The predicted octanol–water partition coefficient (Wildman–Crippen LogP) is 3.51. The molecule has 4 rings (SSSR count). The lowest BCUT2D eigenvalue weighted by Gasteiger charge is -2.45. The van der Waals surface area contributed by atoms with E-state index in [1.807, 2.05) is 10.9 Å². The number of benzene rings is 1. The van der Waals surface area contributed by atoms with E-state index in [1.165, 1.54) is 23.4 Å². The normalized spacial score (nSPS) is 19.7. The molecule has 1 aromatic carbocycles. The fourth-order valence-electron chi connectivity index (χ4n) is 4.75. The molecule has 28 heavy (non-hydrogen) atoms. The maximum atomic E-state index is 13.2. The molecule has 2 aliphatic heterocycles. The molecule has 2 fully saturated rings. The summed E-state index contributed by atoms with van der Waals surface area (Å²) in [4.78, 5) is 17.1. The lowest BCUT2D eigenvalue weighted by molar-refractivity contribution is -0.133. The Bertz CT molecular complexity index is 837. The minimum Gasteiger partial charge on any atom is -0.333 e. The van der Waals surface area contributed by atoms with Gasteiger partial charge in [-0.15, -0.1) is 0 Å². The van der Waals surface area contributed by atoms with Gasteiger partial charge in [-0.1, -0.05) is 12.1 Å². The summed E-state index contributed by atoms with van der Waals surface area (Å²) >= 11 is 0. The van der Waals surface area contributed by atoms with Crippen LogP contribution < -0.4 is 0 Å². The number of piperidine rings is 1. The average Bonchev–Trinajstić information content (AvgIpc) is 3.20. The van der Waals surface area contributed by atoms with Gasteiger partial charge in [-0.25, -0.2) is 4.39 Å². The molecular formula is C22H29FN4O. The minimum absolute atomic E-state index is 0.0371. The number of halogens is 1. The Morgan fingerprint density at radius 3 is 2.46 bits per heavy atom. The highest BCUT2D eigenvalue weighted by molar-refractivity contribution is 5.79.